The molecule has 1 saturated heterocycles. The van der Waals surface area contributed by atoms with Crippen molar-refractivity contribution in [3.05, 3.63) is 53.1 Å². The number of nitrogens with zero attached hydrogens (tertiary/aromatic N) is 2. The van der Waals surface area contributed by atoms with Crippen molar-refractivity contribution in [3.8, 4) is 11.5 Å². The summed E-state index contributed by atoms with van der Waals surface area (Å²) in [5, 5.41) is 0.553. The summed E-state index contributed by atoms with van der Waals surface area (Å²) in [7, 11) is -3.71. The van der Waals surface area contributed by atoms with Crippen molar-refractivity contribution in [1.82, 2.24) is 9.21 Å². The smallest absolute Gasteiger partial charge is 0.243 e. The van der Waals surface area contributed by atoms with Gasteiger partial charge < -0.3 is 14.4 Å². The topological polar surface area (TPSA) is 76.2 Å². The zero-order valence-corrected chi connectivity index (χ0v) is 19.3. The summed E-state index contributed by atoms with van der Waals surface area (Å²) in [5.41, 5.74) is 0.766. The number of hydrogen-bond donors (Lipinski definition) is 0. The van der Waals surface area contributed by atoms with Crippen LogP contribution in [-0.4, -0.2) is 62.9 Å². The number of halogens is 1. The minimum Gasteiger partial charge on any atom is -0.490 e. The largest absolute Gasteiger partial charge is 0.490 e. The van der Waals surface area contributed by atoms with Gasteiger partial charge >= 0.3 is 0 Å². The minimum absolute atomic E-state index is 0.0650. The minimum atomic E-state index is -3.71. The number of carbonyl (C=O) groups excluding carboxylic acids is 1. The van der Waals surface area contributed by atoms with Gasteiger partial charge in [-0.2, -0.15) is 4.31 Å². The van der Waals surface area contributed by atoms with E-state index in [1.54, 1.807) is 17.0 Å². The molecule has 0 bridgehead atoms. The lowest BCUT2D eigenvalue weighted by molar-refractivity contribution is -0.131. The van der Waals surface area contributed by atoms with Crippen LogP contribution in [0.1, 0.15) is 19.4 Å². The third kappa shape index (κ3) is 5.50. The summed E-state index contributed by atoms with van der Waals surface area (Å²) in [6, 6.07) is 11.9. The van der Waals surface area contributed by atoms with Gasteiger partial charge in [-0.3, -0.25) is 4.79 Å². The van der Waals surface area contributed by atoms with Crippen LogP contribution in [0.4, 0.5) is 0 Å². The first-order chi connectivity index (χ1) is 14.9. The van der Waals surface area contributed by atoms with Crippen LogP contribution < -0.4 is 9.47 Å². The molecule has 0 aliphatic carbocycles. The average molecular weight is 467 g/mol. The third-order valence-corrected chi connectivity index (χ3v) is 7.31. The molecule has 2 aromatic rings. The van der Waals surface area contributed by atoms with Crippen molar-refractivity contribution in [3.63, 3.8) is 0 Å². The molecule has 3 rings (SSSR count). The standard InChI is InChI=1S/C22H27ClN2O5S/c1-3-29-20-10-9-18(16-21(20)30-4-2)31(27,28)25-13-11-24(12-14-25)22(26)15-17-7-5-6-8-19(17)23/h5-10,16H,3-4,11-15H2,1-2H3. The number of amides is 1. The zero-order valence-electron chi connectivity index (χ0n) is 17.7. The fourth-order valence-corrected chi connectivity index (χ4v) is 5.08. The van der Waals surface area contributed by atoms with Gasteiger partial charge in [-0.05, 0) is 37.6 Å². The van der Waals surface area contributed by atoms with Crippen LogP contribution in [0.25, 0.3) is 0 Å². The molecule has 0 N–H and O–H groups in total. The van der Waals surface area contributed by atoms with Crippen molar-refractivity contribution < 1.29 is 22.7 Å². The molecular weight excluding hydrogens is 440 g/mol. The van der Waals surface area contributed by atoms with Gasteiger partial charge in [0.25, 0.3) is 0 Å². The van der Waals surface area contributed by atoms with Crippen molar-refractivity contribution >= 4 is 27.5 Å². The predicted molar refractivity (Wildman–Crippen MR) is 119 cm³/mol. The van der Waals surface area contributed by atoms with Crippen LogP contribution in [0.5, 0.6) is 11.5 Å². The van der Waals surface area contributed by atoms with Gasteiger partial charge in [0.2, 0.25) is 15.9 Å². The number of sulfonamides is 1. The quantitative estimate of drug-likeness (QED) is 0.597. The van der Waals surface area contributed by atoms with E-state index >= 15 is 0 Å². The first-order valence-electron chi connectivity index (χ1n) is 10.3. The summed E-state index contributed by atoms with van der Waals surface area (Å²) in [6.07, 6.45) is 0.197. The monoisotopic (exact) mass is 466 g/mol. The normalized spacial score (nSPS) is 15.0. The highest BCUT2D eigenvalue weighted by molar-refractivity contribution is 7.89. The molecule has 2 aromatic carbocycles. The second kappa shape index (κ2) is 10.3. The number of hydrogen-bond acceptors (Lipinski definition) is 5. The van der Waals surface area contributed by atoms with E-state index in [2.05, 4.69) is 0 Å². The molecule has 0 unspecified atom stereocenters. The van der Waals surface area contributed by atoms with Crippen LogP contribution in [0.15, 0.2) is 47.4 Å². The number of rotatable bonds is 8. The van der Waals surface area contributed by atoms with Crippen molar-refractivity contribution in [1.29, 1.82) is 0 Å². The predicted octanol–water partition coefficient (Wildman–Crippen LogP) is 3.21. The van der Waals surface area contributed by atoms with Crippen molar-refractivity contribution in [2.45, 2.75) is 25.2 Å². The number of benzene rings is 2. The van der Waals surface area contributed by atoms with Gasteiger partial charge in [0.15, 0.2) is 11.5 Å². The Morgan fingerprint density at radius 2 is 1.61 bits per heavy atom. The Balaban J connectivity index is 1.67. The van der Waals surface area contributed by atoms with E-state index in [1.807, 2.05) is 32.0 Å². The van der Waals surface area contributed by atoms with E-state index in [4.69, 9.17) is 21.1 Å². The number of piperazine rings is 1. The molecule has 1 heterocycles. The Morgan fingerprint density at radius 1 is 0.968 bits per heavy atom. The lowest BCUT2D eigenvalue weighted by atomic mass is 10.1. The van der Waals surface area contributed by atoms with Gasteiger partial charge in [0.05, 0.1) is 24.5 Å². The average Bonchev–Trinajstić information content (AvgIpc) is 2.77. The summed E-state index contributed by atoms with van der Waals surface area (Å²) in [4.78, 5) is 14.5. The maximum Gasteiger partial charge on any atom is 0.243 e. The van der Waals surface area contributed by atoms with E-state index in [-0.39, 0.29) is 30.3 Å². The van der Waals surface area contributed by atoms with Crippen LogP contribution in [0.2, 0.25) is 5.02 Å². The summed E-state index contributed by atoms with van der Waals surface area (Å²) in [6.45, 7) is 5.66. The van der Waals surface area contributed by atoms with Crippen LogP contribution >= 0.6 is 11.6 Å². The Labute approximate surface area is 188 Å². The lowest BCUT2D eigenvalue weighted by Crippen LogP contribution is -2.50. The van der Waals surface area contributed by atoms with E-state index in [0.29, 0.717) is 42.8 Å². The molecule has 1 amide bonds. The summed E-state index contributed by atoms with van der Waals surface area (Å²) in [5.74, 6) is 0.849. The lowest BCUT2D eigenvalue weighted by Gasteiger charge is -2.34. The Hall–Kier alpha value is -2.29. The number of carbonyl (C=O) groups is 1. The highest BCUT2D eigenvalue weighted by Crippen LogP contribution is 2.31. The van der Waals surface area contributed by atoms with Gasteiger partial charge in [0.1, 0.15) is 0 Å². The molecule has 0 aromatic heterocycles. The molecule has 7 nitrogen and oxygen atoms in total. The fraction of sp³-hybridized carbons (Fsp3) is 0.409. The SMILES string of the molecule is CCOc1ccc(S(=O)(=O)N2CCN(C(=O)Cc3ccccc3Cl)CC2)cc1OCC. The molecule has 0 spiro atoms. The van der Waals surface area contributed by atoms with E-state index in [9.17, 15) is 13.2 Å². The molecule has 168 valence electrons. The molecule has 1 aliphatic heterocycles. The van der Waals surface area contributed by atoms with E-state index in [0.717, 1.165) is 5.56 Å². The van der Waals surface area contributed by atoms with Crippen molar-refractivity contribution in [2.24, 2.45) is 0 Å². The molecule has 0 saturated carbocycles. The van der Waals surface area contributed by atoms with E-state index < -0.39 is 10.0 Å². The Bertz CT molecular complexity index is 1020. The first-order valence-corrected chi connectivity index (χ1v) is 12.1. The molecule has 9 heteroatoms. The molecular formula is C22H27ClN2O5S. The van der Waals surface area contributed by atoms with Crippen LogP contribution in [-0.2, 0) is 21.2 Å². The van der Waals surface area contributed by atoms with Gasteiger partial charge in [-0.1, -0.05) is 29.8 Å². The summed E-state index contributed by atoms with van der Waals surface area (Å²) >= 11 is 6.15. The van der Waals surface area contributed by atoms with Gasteiger partial charge in [0, 0.05) is 37.3 Å². The van der Waals surface area contributed by atoms with E-state index in [1.165, 1.54) is 16.4 Å². The molecule has 1 fully saturated rings. The fourth-order valence-electron chi connectivity index (χ4n) is 3.44. The highest BCUT2D eigenvalue weighted by atomic mass is 35.5. The van der Waals surface area contributed by atoms with Crippen LogP contribution in [0.3, 0.4) is 0 Å². The second-order valence-electron chi connectivity index (χ2n) is 7.03. The maximum absolute atomic E-state index is 13.1. The van der Waals surface area contributed by atoms with Crippen LogP contribution in [0, 0.1) is 0 Å². The van der Waals surface area contributed by atoms with Crippen molar-refractivity contribution in [2.75, 3.05) is 39.4 Å². The molecule has 31 heavy (non-hydrogen) atoms. The maximum atomic E-state index is 13.1. The summed E-state index contributed by atoms with van der Waals surface area (Å²) < 4.78 is 38.7. The zero-order chi connectivity index (χ0) is 22.4. The molecule has 1 aliphatic rings. The Morgan fingerprint density at radius 3 is 2.26 bits per heavy atom. The molecule has 0 radical (unpaired) electrons. The van der Waals surface area contributed by atoms with Gasteiger partial charge in [-0.15, -0.1) is 0 Å². The molecule has 0 atom stereocenters. The number of ether oxygens (including phenoxy) is 2. The Kier molecular flexibility index (Phi) is 7.80. The third-order valence-electron chi connectivity index (χ3n) is 5.04. The first kappa shape index (κ1) is 23.4. The van der Waals surface area contributed by atoms with Gasteiger partial charge in [-0.25, -0.2) is 8.42 Å². The second-order valence-corrected chi connectivity index (χ2v) is 9.37. The highest BCUT2D eigenvalue weighted by Gasteiger charge is 2.31.